The normalized spacial score (nSPS) is 10.8. The fourth-order valence-corrected chi connectivity index (χ4v) is 3.56. The van der Waals surface area contributed by atoms with Crippen LogP contribution in [0.2, 0.25) is 0 Å². The zero-order valence-electron chi connectivity index (χ0n) is 10.5. The highest BCUT2D eigenvalue weighted by Crippen LogP contribution is 2.28. The Morgan fingerprint density at radius 1 is 1.40 bits per heavy atom. The Kier molecular flexibility index (Phi) is 3.98. The summed E-state index contributed by atoms with van der Waals surface area (Å²) in [5, 5.41) is 2.83. The van der Waals surface area contributed by atoms with E-state index in [2.05, 4.69) is 20.3 Å². The van der Waals surface area contributed by atoms with Crippen LogP contribution in [0.5, 0.6) is 0 Å². The molecule has 0 atom stereocenters. The Morgan fingerprint density at radius 3 is 3.10 bits per heavy atom. The number of imidazole rings is 1. The van der Waals surface area contributed by atoms with Crippen LogP contribution in [0, 0.1) is 0 Å². The SMILES string of the molecule is O=C(CSc1nc2ccccc2s1)NCc1cnc[nH]1. The molecule has 7 heteroatoms. The number of benzene rings is 1. The molecule has 0 bridgehead atoms. The number of amides is 1. The van der Waals surface area contributed by atoms with Crippen LogP contribution < -0.4 is 5.32 Å². The van der Waals surface area contributed by atoms with Crippen LogP contribution in [-0.4, -0.2) is 26.6 Å². The largest absolute Gasteiger partial charge is 0.350 e. The monoisotopic (exact) mass is 304 g/mol. The molecule has 0 aliphatic carbocycles. The topological polar surface area (TPSA) is 70.7 Å². The van der Waals surface area contributed by atoms with Crippen LogP contribution in [0.1, 0.15) is 5.69 Å². The van der Waals surface area contributed by atoms with Gasteiger partial charge in [-0.15, -0.1) is 11.3 Å². The zero-order chi connectivity index (χ0) is 13.8. The highest BCUT2D eigenvalue weighted by atomic mass is 32.2. The van der Waals surface area contributed by atoms with Crippen LogP contribution in [0.25, 0.3) is 10.2 Å². The van der Waals surface area contributed by atoms with Gasteiger partial charge in [0.05, 0.1) is 34.5 Å². The molecule has 2 N–H and O–H groups in total. The Bertz CT molecular complexity index is 675. The van der Waals surface area contributed by atoms with Crippen molar-refractivity contribution in [2.75, 3.05) is 5.75 Å². The lowest BCUT2D eigenvalue weighted by molar-refractivity contribution is -0.118. The van der Waals surface area contributed by atoms with Crippen LogP contribution in [-0.2, 0) is 11.3 Å². The van der Waals surface area contributed by atoms with E-state index < -0.39 is 0 Å². The van der Waals surface area contributed by atoms with Gasteiger partial charge in [0.1, 0.15) is 0 Å². The standard InChI is InChI=1S/C13H12N4OS2/c18-12(15-6-9-5-14-8-16-9)7-19-13-17-10-3-1-2-4-11(10)20-13/h1-5,8H,6-7H2,(H,14,16)(H,15,18). The van der Waals surface area contributed by atoms with E-state index in [-0.39, 0.29) is 5.91 Å². The third-order valence-corrected chi connectivity index (χ3v) is 4.81. The number of thiazole rings is 1. The predicted octanol–water partition coefficient (Wildman–Crippen LogP) is 2.43. The molecule has 102 valence electrons. The summed E-state index contributed by atoms with van der Waals surface area (Å²) in [6.45, 7) is 0.471. The van der Waals surface area contributed by atoms with Gasteiger partial charge in [0.25, 0.3) is 0 Å². The van der Waals surface area contributed by atoms with Crippen molar-refractivity contribution in [3.05, 3.63) is 42.5 Å². The minimum absolute atomic E-state index is 0.0103. The highest BCUT2D eigenvalue weighted by molar-refractivity contribution is 8.01. The van der Waals surface area contributed by atoms with Gasteiger partial charge in [0.15, 0.2) is 4.34 Å². The second-order valence-corrected chi connectivity index (χ2v) is 6.34. The third-order valence-electron chi connectivity index (χ3n) is 2.63. The number of H-pyrrole nitrogens is 1. The number of thioether (sulfide) groups is 1. The van der Waals surface area contributed by atoms with Crippen molar-refractivity contribution < 1.29 is 4.79 Å². The lowest BCUT2D eigenvalue weighted by Gasteiger charge is -2.01. The first-order valence-electron chi connectivity index (χ1n) is 6.03. The minimum Gasteiger partial charge on any atom is -0.350 e. The molecule has 0 aliphatic rings. The molecule has 3 rings (SSSR count). The van der Waals surface area contributed by atoms with Gasteiger partial charge in [-0.3, -0.25) is 4.79 Å². The molecule has 2 heterocycles. The van der Waals surface area contributed by atoms with E-state index in [0.717, 1.165) is 20.3 Å². The van der Waals surface area contributed by atoms with E-state index in [1.54, 1.807) is 23.9 Å². The van der Waals surface area contributed by atoms with Gasteiger partial charge in [-0.05, 0) is 12.1 Å². The van der Waals surface area contributed by atoms with Gasteiger partial charge in [-0.1, -0.05) is 23.9 Å². The van der Waals surface area contributed by atoms with E-state index in [9.17, 15) is 4.79 Å². The molecule has 0 saturated heterocycles. The number of aromatic amines is 1. The maximum Gasteiger partial charge on any atom is 0.230 e. The van der Waals surface area contributed by atoms with Gasteiger partial charge in [0.2, 0.25) is 5.91 Å². The van der Waals surface area contributed by atoms with Crippen molar-refractivity contribution in [2.45, 2.75) is 10.9 Å². The molecule has 0 spiro atoms. The molecule has 0 radical (unpaired) electrons. The Labute approximate surface area is 123 Å². The van der Waals surface area contributed by atoms with Crippen molar-refractivity contribution in [3.8, 4) is 0 Å². The second kappa shape index (κ2) is 6.06. The van der Waals surface area contributed by atoms with E-state index in [0.29, 0.717) is 12.3 Å². The number of aromatic nitrogens is 3. The van der Waals surface area contributed by atoms with Crippen LogP contribution in [0.15, 0.2) is 41.1 Å². The fraction of sp³-hybridized carbons (Fsp3) is 0.154. The molecule has 0 unspecified atom stereocenters. The number of hydrogen-bond acceptors (Lipinski definition) is 5. The van der Waals surface area contributed by atoms with E-state index in [1.807, 2.05) is 24.3 Å². The second-order valence-electron chi connectivity index (χ2n) is 4.09. The maximum atomic E-state index is 11.7. The number of para-hydroxylation sites is 1. The average Bonchev–Trinajstić information content (AvgIpc) is 3.11. The van der Waals surface area contributed by atoms with E-state index >= 15 is 0 Å². The smallest absolute Gasteiger partial charge is 0.230 e. The molecule has 0 fully saturated rings. The van der Waals surface area contributed by atoms with Gasteiger partial charge in [-0.25, -0.2) is 9.97 Å². The van der Waals surface area contributed by atoms with Gasteiger partial charge < -0.3 is 10.3 Å². The third kappa shape index (κ3) is 3.17. The lowest BCUT2D eigenvalue weighted by Crippen LogP contribution is -2.24. The van der Waals surface area contributed by atoms with Crippen LogP contribution >= 0.6 is 23.1 Å². The highest BCUT2D eigenvalue weighted by Gasteiger charge is 2.07. The molecular formula is C13H12N4OS2. The fourth-order valence-electron chi connectivity index (χ4n) is 1.67. The molecule has 5 nitrogen and oxygen atoms in total. The molecule has 1 amide bonds. The van der Waals surface area contributed by atoms with Crippen molar-refractivity contribution in [1.82, 2.24) is 20.3 Å². The van der Waals surface area contributed by atoms with E-state index in [1.165, 1.54) is 11.8 Å². The summed E-state index contributed by atoms with van der Waals surface area (Å²) in [6, 6.07) is 7.98. The Hall–Kier alpha value is -1.86. The van der Waals surface area contributed by atoms with Crippen molar-refractivity contribution in [1.29, 1.82) is 0 Å². The summed E-state index contributed by atoms with van der Waals surface area (Å²) in [5.74, 6) is 0.359. The average molecular weight is 304 g/mol. The number of rotatable bonds is 5. The van der Waals surface area contributed by atoms with Crippen LogP contribution in [0.3, 0.4) is 0 Å². The maximum absolute atomic E-state index is 11.7. The predicted molar refractivity (Wildman–Crippen MR) is 80.8 cm³/mol. The summed E-state index contributed by atoms with van der Waals surface area (Å²) >= 11 is 3.07. The number of carbonyl (C=O) groups is 1. The molecule has 0 aliphatic heterocycles. The molecule has 0 saturated carbocycles. The first kappa shape index (κ1) is 13.1. The number of hydrogen-bond donors (Lipinski definition) is 2. The lowest BCUT2D eigenvalue weighted by atomic mass is 10.3. The molecule has 2 aromatic heterocycles. The van der Waals surface area contributed by atoms with Crippen molar-refractivity contribution >= 4 is 39.2 Å². The molecular weight excluding hydrogens is 292 g/mol. The van der Waals surface area contributed by atoms with Crippen molar-refractivity contribution in [3.63, 3.8) is 0 Å². The summed E-state index contributed by atoms with van der Waals surface area (Å²) < 4.78 is 2.07. The number of nitrogens with one attached hydrogen (secondary N) is 2. The molecule has 1 aromatic carbocycles. The molecule has 3 aromatic rings. The summed E-state index contributed by atoms with van der Waals surface area (Å²) in [4.78, 5) is 23.1. The van der Waals surface area contributed by atoms with Crippen LogP contribution in [0.4, 0.5) is 0 Å². The van der Waals surface area contributed by atoms with Gasteiger partial charge in [-0.2, -0.15) is 0 Å². The zero-order valence-corrected chi connectivity index (χ0v) is 12.1. The minimum atomic E-state index is -0.0103. The van der Waals surface area contributed by atoms with Gasteiger partial charge in [0, 0.05) is 6.20 Å². The first-order chi connectivity index (χ1) is 9.81. The summed E-state index contributed by atoms with van der Waals surface area (Å²) in [7, 11) is 0. The van der Waals surface area contributed by atoms with E-state index in [4.69, 9.17) is 0 Å². The van der Waals surface area contributed by atoms with Crippen molar-refractivity contribution in [2.24, 2.45) is 0 Å². The summed E-state index contributed by atoms with van der Waals surface area (Å²) in [6.07, 6.45) is 3.29. The quantitative estimate of drug-likeness (QED) is 0.710. The first-order valence-corrected chi connectivity index (χ1v) is 7.84. The number of fused-ring (bicyclic) bond motifs is 1. The number of carbonyl (C=O) groups excluding carboxylic acids is 1. The Balaban J connectivity index is 1.52. The summed E-state index contributed by atoms with van der Waals surface area (Å²) in [5.41, 5.74) is 1.88. The van der Waals surface area contributed by atoms with Gasteiger partial charge >= 0.3 is 0 Å². The Morgan fingerprint density at radius 2 is 2.30 bits per heavy atom. The number of nitrogens with zero attached hydrogens (tertiary/aromatic N) is 2. The molecule has 20 heavy (non-hydrogen) atoms.